The van der Waals surface area contributed by atoms with E-state index >= 15 is 0 Å². The zero-order chi connectivity index (χ0) is 24.1. The lowest BCUT2D eigenvalue weighted by molar-refractivity contribution is -0.145. The van der Waals surface area contributed by atoms with E-state index in [1.54, 1.807) is 57.2 Å². The predicted molar refractivity (Wildman–Crippen MR) is 140 cm³/mol. The second-order valence-electron chi connectivity index (χ2n) is 7.85. The highest BCUT2D eigenvalue weighted by molar-refractivity contribution is 14.1. The molecule has 0 saturated heterocycles. The maximum atomic E-state index is 12.8. The molecule has 0 saturated carbocycles. The van der Waals surface area contributed by atoms with Crippen LogP contribution in [-0.4, -0.2) is 41.2 Å². The van der Waals surface area contributed by atoms with Crippen LogP contribution < -0.4 is 5.32 Å². The molecule has 2 rings (SSSR count). The van der Waals surface area contributed by atoms with E-state index in [1.165, 1.54) is 0 Å². The Morgan fingerprint density at radius 2 is 1.66 bits per heavy atom. The van der Waals surface area contributed by atoms with Gasteiger partial charge in [0.2, 0.25) is 0 Å². The quantitative estimate of drug-likeness (QED) is 0.230. The van der Waals surface area contributed by atoms with Gasteiger partial charge in [-0.15, -0.1) is 0 Å². The molecule has 0 aromatic heterocycles. The van der Waals surface area contributed by atoms with Crippen LogP contribution in [0.3, 0.4) is 0 Å². The van der Waals surface area contributed by atoms with E-state index in [4.69, 9.17) is 9.47 Å². The molecule has 2 aromatic carbocycles. The number of ketones is 1. The van der Waals surface area contributed by atoms with Crippen molar-refractivity contribution in [2.24, 2.45) is 0 Å². The molecule has 7 nitrogen and oxygen atoms in total. The molecular formula is C22H22BrI2NO6. The van der Waals surface area contributed by atoms with Gasteiger partial charge in [-0.3, -0.25) is 4.79 Å². The molecule has 32 heavy (non-hydrogen) atoms. The number of rotatable bonds is 7. The van der Waals surface area contributed by atoms with E-state index in [2.05, 4.69) is 21.2 Å². The summed E-state index contributed by atoms with van der Waals surface area (Å²) in [7, 11) is 0. The molecule has 0 unspecified atom stereocenters. The van der Waals surface area contributed by atoms with Gasteiger partial charge in [0.1, 0.15) is 17.4 Å². The molecule has 1 atom stereocenters. The SMILES string of the molecule is CC(C)(C)OC(=O)N[C@@H](Cc1cc(I)c(O)c(I)c1)C(=O)OCC(=O)c1ccc(Br)cc1. The van der Waals surface area contributed by atoms with Crippen LogP contribution in [0.4, 0.5) is 4.79 Å². The number of carbonyl (C=O) groups excluding carboxylic acids is 3. The van der Waals surface area contributed by atoms with Crippen molar-refractivity contribution in [1.29, 1.82) is 0 Å². The maximum absolute atomic E-state index is 12.8. The van der Waals surface area contributed by atoms with Crippen LogP contribution in [0, 0.1) is 7.14 Å². The Kier molecular flexibility index (Phi) is 9.76. The summed E-state index contributed by atoms with van der Waals surface area (Å²) in [6, 6.07) is 9.02. The lowest BCUT2D eigenvalue weighted by Crippen LogP contribution is -2.45. The number of hydrogen-bond acceptors (Lipinski definition) is 6. The summed E-state index contributed by atoms with van der Waals surface area (Å²) in [4.78, 5) is 37.4. The number of halogens is 3. The Morgan fingerprint density at radius 3 is 2.19 bits per heavy atom. The highest BCUT2D eigenvalue weighted by Crippen LogP contribution is 2.28. The van der Waals surface area contributed by atoms with Gasteiger partial charge in [0.05, 0.1) is 7.14 Å². The molecule has 10 heteroatoms. The van der Waals surface area contributed by atoms with Gasteiger partial charge in [0.15, 0.2) is 12.4 Å². The number of carbonyl (C=O) groups is 3. The molecule has 1 amide bonds. The summed E-state index contributed by atoms with van der Waals surface area (Å²) in [5, 5.41) is 12.5. The van der Waals surface area contributed by atoms with E-state index in [0.717, 1.165) is 4.47 Å². The Hall–Kier alpha value is -1.41. The molecule has 0 spiro atoms. The highest BCUT2D eigenvalue weighted by atomic mass is 127. The number of aromatic hydroxyl groups is 1. The third-order valence-electron chi connectivity index (χ3n) is 4.00. The largest absolute Gasteiger partial charge is 0.506 e. The van der Waals surface area contributed by atoms with Crippen LogP contribution in [0.1, 0.15) is 36.7 Å². The average Bonchev–Trinajstić information content (AvgIpc) is 2.68. The summed E-state index contributed by atoms with van der Waals surface area (Å²) in [6.07, 6.45) is -0.682. The Labute approximate surface area is 222 Å². The number of ether oxygens (including phenoxy) is 2. The lowest BCUT2D eigenvalue weighted by atomic mass is 10.1. The Morgan fingerprint density at radius 1 is 1.09 bits per heavy atom. The van der Waals surface area contributed by atoms with Crippen molar-refractivity contribution in [2.45, 2.75) is 38.8 Å². The standard InChI is InChI=1S/C22H22BrI2NO6/c1-22(2,3)32-21(30)26-17(10-12-8-15(24)19(28)16(25)9-12)20(29)31-11-18(27)13-4-6-14(23)7-5-13/h4-9,17,28H,10-11H2,1-3H3,(H,26,30)/t17-/m0/s1. The number of alkyl carbamates (subject to hydrolysis) is 1. The fourth-order valence-corrected chi connectivity index (χ4v) is 4.73. The highest BCUT2D eigenvalue weighted by Gasteiger charge is 2.27. The van der Waals surface area contributed by atoms with Gasteiger partial charge in [-0.1, -0.05) is 28.1 Å². The lowest BCUT2D eigenvalue weighted by Gasteiger charge is -2.23. The van der Waals surface area contributed by atoms with Gasteiger partial charge in [-0.05, 0) is 95.8 Å². The van der Waals surface area contributed by atoms with Crippen molar-refractivity contribution in [3.05, 3.63) is 59.1 Å². The molecule has 0 heterocycles. The normalized spacial score (nSPS) is 12.1. The van der Waals surface area contributed by atoms with E-state index in [9.17, 15) is 19.5 Å². The first kappa shape index (κ1) is 26.8. The first-order valence-electron chi connectivity index (χ1n) is 9.47. The molecule has 2 N–H and O–H groups in total. The number of phenols is 1. The van der Waals surface area contributed by atoms with Crippen LogP contribution in [0.15, 0.2) is 40.9 Å². The molecule has 172 valence electrons. The van der Waals surface area contributed by atoms with Crippen LogP contribution >= 0.6 is 61.1 Å². The summed E-state index contributed by atoms with van der Waals surface area (Å²) < 4.78 is 12.5. The minimum atomic E-state index is -1.08. The zero-order valence-electron chi connectivity index (χ0n) is 17.6. The van der Waals surface area contributed by atoms with Gasteiger partial charge < -0.3 is 19.9 Å². The molecule has 0 aliphatic heterocycles. The zero-order valence-corrected chi connectivity index (χ0v) is 23.5. The molecule has 0 bridgehead atoms. The number of amides is 1. The van der Waals surface area contributed by atoms with E-state index in [-0.39, 0.29) is 18.0 Å². The second kappa shape index (κ2) is 11.6. The molecule has 0 aliphatic carbocycles. The minimum absolute atomic E-state index is 0.0941. The molecule has 0 fully saturated rings. The topological polar surface area (TPSA) is 102 Å². The van der Waals surface area contributed by atoms with Crippen LogP contribution in [0.2, 0.25) is 0 Å². The van der Waals surface area contributed by atoms with Gasteiger partial charge in [0.25, 0.3) is 0 Å². The van der Waals surface area contributed by atoms with Gasteiger partial charge in [-0.25, -0.2) is 9.59 Å². The number of benzene rings is 2. The van der Waals surface area contributed by atoms with Crippen molar-refractivity contribution in [2.75, 3.05) is 6.61 Å². The van der Waals surface area contributed by atoms with Crippen molar-refractivity contribution >= 4 is 79.0 Å². The molecule has 0 aliphatic rings. The molecular weight excluding hydrogens is 708 g/mol. The smallest absolute Gasteiger partial charge is 0.408 e. The molecule has 0 radical (unpaired) electrons. The third-order valence-corrected chi connectivity index (χ3v) is 6.18. The third kappa shape index (κ3) is 8.50. The fraction of sp³-hybridized carbons (Fsp3) is 0.318. The number of hydrogen-bond donors (Lipinski definition) is 2. The van der Waals surface area contributed by atoms with Crippen LogP contribution in [0.5, 0.6) is 5.75 Å². The van der Waals surface area contributed by atoms with Gasteiger partial charge in [0, 0.05) is 16.5 Å². The van der Waals surface area contributed by atoms with Gasteiger partial charge in [-0.2, -0.15) is 0 Å². The second-order valence-corrected chi connectivity index (χ2v) is 11.1. The number of esters is 1. The van der Waals surface area contributed by atoms with Gasteiger partial charge >= 0.3 is 12.1 Å². The summed E-state index contributed by atoms with van der Waals surface area (Å²) in [5.74, 6) is -0.982. The van der Waals surface area contributed by atoms with Crippen molar-refractivity contribution in [3.8, 4) is 5.75 Å². The van der Waals surface area contributed by atoms with E-state index < -0.39 is 30.3 Å². The number of nitrogens with one attached hydrogen (secondary N) is 1. The fourth-order valence-electron chi connectivity index (χ4n) is 2.57. The monoisotopic (exact) mass is 729 g/mol. The number of phenolic OH excluding ortho intramolecular Hbond substituents is 1. The maximum Gasteiger partial charge on any atom is 0.408 e. The van der Waals surface area contributed by atoms with Crippen LogP contribution in [0.25, 0.3) is 0 Å². The summed E-state index contributed by atoms with van der Waals surface area (Å²) in [5.41, 5.74) is 0.355. The average molecular weight is 730 g/mol. The minimum Gasteiger partial charge on any atom is -0.506 e. The van der Waals surface area contributed by atoms with Crippen molar-refractivity contribution < 1.29 is 29.0 Å². The molecule has 2 aromatic rings. The van der Waals surface area contributed by atoms with E-state index in [1.807, 2.05) is 45.2 Å². The van der Waals surface area contributed by atoms with E-state index in [0.29, 0.717) is 18.3 Å². The Balaban J connectivity index is 2.15. The van der Waals surface area contributed by atoms with Crippen LogP contribution in [-0.2, 0) is 20.7 Å². The Bertz CT molecular complexity index is 981. The predicted octanol–water partition coefficient (Wildman–Crippen LogP) is 5.23. The number of Topliss-reactive ketones (excluding diaryl/α,β-unsaturated/α-hetero) is 1. The summed E-state index contributed by atoms with van der Waals surface area (Å²) >= 11 is 7.27. The first-order valence-corrected chi connectivity index (χ1v) is 12.4. The van der Waals surface area contributed by atoms with Crippen molar-refractivity contribution in [3.63, 3.8) is 0 Å². The first-order chi connectivity index (χ1) is 14.9. The van der Waals surface area contributed by atoms with Crippen molar-refractivity contribution in [1.82, 2.24) is 5.32 Å². The summed E-state index contributed by atoms with van der Waals surface area (Å²) in [6.45, 7) is 4.67.